The quantitative estimate of drug-likeness (QED) is 0.312. The van der Waals surface area contributed by atoms with Crippen LogP contribution in [0.1, 0.15) is 11.7 Å². The number of benzene rings is 1. The summed E-state index contributed by atoms with van der Waals surface area (Å²) in [5.74, 6) is -1.23. The van der Waals surface area contributed by atoms with Crippen LogP contribution in [0.4, 0.5) is 0 Å². The molecule has 0 spiro atoms. The fourth-order valence-corrected chi connectivity index (χ4v) is 0.994. The third kappa shape index (κ3) is 9.39. The van der Waals surface area contributed by atoms with Crippen molar-refractivity contribution in [1.29, 1.82) is 0 Å². The van der Waals surface area contributed by atoms with Gasteiger partial charge in [0.15, 0.2) is 6.10 Å². The summed E-state index contributed by atoms with van der Waals surface area (Å²) in [4.78, 5) is 19.2. The van der Waals surface area contributed by atoms with E-state index in [0.29, 0.717) is 5.56 Å². The minimum absolute atomic E-state index is 0.0600. The first-order valence-corrected chi connectivity index (χ1v) is 5.79. The van der Waals surface area contributed by atoms with Crippen molar-refractivity contribution < 1.29 is 34.9 Å². The van der Waals surface area contributed by atoms with Crippen molar-refractivity contribution in [3.05, 3.63) is 35.9 Å². The van der Waals surface area contributed by atoms with Crippen LogP contribution in [0.5, 0.6) is 0 Å². The Balaban J connectivity index is 0.000000370. The molecular formula is C12H19NO7. The van der Waals surface area contributed by atoms with Crippen molar-refractivity contribution in [3.8, 4) is 0 Å². The number of carboxylic acid groups (broad SMARTS) is 1. The zero-order chi connectivity index (χ0) is 15.2. The molecular weight excluding hydrogens is 270 g/mol. The second-order valence-electron chi connectivity index (χ2n) is 3.38. The molecule has 0 heterocycles. The van der Waals surface area contributed by atoms with Gasteiger partial charge in [-0.25, -0.2) is 4.79 Å². The van der Waals surface area contributed by atoms with Gasteiger partial charge in [0.25, 0.3) is 0 Å². The Labute approximate surface area is 116 Å². The predicted molar refractivity (Wildman–Crippen MR) is 68.2 cm³/mol. The third-order valence-corrected chi connectivity index (χ3v) is 1.85. The van der Waals surface area contributed by atoms with Crippen molar-refractivity contribution in [3.63, 3.8) is 0 Å². The standard InChI is InChI=1S/C8H8O3.C4H11NO4/c9-7(8(10)11)6-4-2-1-3-5-6;6-1-3-8-5-9-4-2-7/h1-5,7,9H,(H,10,11);5-7H,1-4H2. The summed E-state index contributed by atoms with van der Waals surface area (Å²) in [5.41, 5.74) is 2.47. The number of aliphatic carboxylic acids is 1. The van der Waals surface area contributed by atoms with Crippen LogP contribution in [0.3, 0.4) is 0 Å². The van der Waals surface area contributed by atoms with Crippen molar-refractivity contribution >= 4 is 5.97 Å². The van der Waals surface area contributed by atoms with Gasteiger partial charge in [-0.3, -0.25) is 9.68 Å². The zero-order valence-corrected chi connectivity index (χ0v) is 10.8. The molecule has 0 aromatic heterocycles. The van der Waals surface area contributed by atoms with E-state index in [1.807, 2.05) is 0 Å². The van der Waals surface area contributed by atoms with Gasteiger partial charge in [-0.2, -0.15) is 0 Å². The summed E-state index contributed by atoms with van der Waals surface area (Å²) in [5, 5.41) is 33.7. The highest BCUT2D eigenvalue weighted by atomic mass is 16.9. The summed E-state index contributed by atoms with van der Waals surface area (Å²) in [6.45, 7) is 0.224. The molecule has 20 heavy (non-hydrogen) atoms. The van der Waals surface area contributed by atoms with E-state index in [4.69, 9.17) is 20.4 Å². The molecule has 1 aromatic carbocycles. The molecule has 8 nitrogen and oxygen atoms in total. The van der Waals surface area contributed by atoms with Crippen molar-refractivity contribution in [2.45, 2.75) is 6.10 Å². The Morgan fingerprint density at radius 2 is 1.60 bits per heavy atom. The Morgan fingerprint density at radius 1 is 1.10 bits per heavy atom. The lowest BCUT2D eigenvalue weighted by molar-refractivity contribution is -0.178. The number of aliphatic hydroxyl groups is 3. The Morgan fingerprint density at radius 3 is 2.00 bits per heavy atom. The first-order valence-electron chi connectivity index (χ1n) is 5.79. The molecule has 0 radical (unpaired) electrons. The lowest BCUT2D eigenvalue weighted by atomic mass is 10.1. The molecule has 1 rings (SSSR count). The summed E-state index contributed by atoms with van der Waals surface area (Å²) in [7, 11) is 0. The highest BCUT2D eigenvalue weighted by Crippen LogP contribution is 2.10. The van der Waals surface area contributed by atoms with Crippen LogP contribution < -0.4 is 5.64 Å². The van der Waals surface area contributed by atoms with Gasteiger partial charge in [-0.15, -0.1) is 0 Å². The van der Waals surface area contributed by atoms with E-state index in [9.17, 15) is 4.79 Å². The van der Waals surface area contributed by atoms with Gasteiger partial charge in [-0.1, -0.05) is 36.0 Å². The number of rotatable bonds is 8. The maximum Gasteiger partial charge on any atom is 0.337 e. The van der Waals surface area contributed by atoms with Gasteiger partial charge in [0.05, 0.1) is 26.4 Å². The minimum atomic E-state index is -1.41. The Bertz CT molecular complexity index is 341. The number of hydrogen-bond donors (Lipinski definition) is 5. The van der Waals surface area contributed by atoms with Crippen molar-refractivity contribution in [2.75, 3.05) is 26.4 Å². The van der Waals surface area contributed by atoms with E-state index < -0.39 is 12.1 Å². The summed E-state index contributed by atoms with van der Waals surface area (Å²) in [6, 6.07) is 8.26. The summed E-state index contributed by atoms with van der Waals surface area (Å²) < 4.78 is 0. The molecule has 0 bridgehead atoms. The van der Waals surface area contributed by atoms with Gasteiger partial charge in [0, 0.05) is 0 Å². The second-order valence-corrected chi connectivity index (χ2v) is 3.38. The highest BCUT2D eigenvalue weighted by molar-refractivity contribution is 5.73. The molecule has 5 N–H and O–H groups in total. The molecule has 0 saturated heterocycles. The van der Waals surface area contributed by atoms with E-state index >= 15 is 0 Å². The van der Waals surface area contributed by atoms with E-state index in [1.165, 1.54) is 0 Å². The van der Waals surface area contributed by atoms with Gasteiger partial charge >= 0.3 is 5.97 Å². The molecule has 114 valence electrons. The monoisotopic (exact) mass is 289 g/mol. The maximum atomic E-state index is 10.2. The smallest absolute Gasteiger partial charge is 0.337 e. The van der Waals surface area contributed by atoms with Crippen LogP contribution in [-0.2, 0) is 14.5 Å². The van der Waals surface area contributed by atoms with Crippen LogP contribution >= 0.6 is 0 Å². The number of hydrogen-bond acceptors (Lipinski definition) is 7. The summed E-state index contributed by atoms with van der Waals surface area (Å²) >= 11 is 0. The van der Waals surface area contributed by atoms with Crippen LogP contribution in [0.25, 0.3) is 0 Å². The predicted octanol–water partition coefficient (Wildman–Crippen LogP) is -0.772. The number of aliphatic hydroxyl groups excluding tert-OH is 3. The largest absolute Gasteiger partial charge is 0.479 e. The molecule has 0 aliphatic carbocycles. The molecule has 0 amide bonds. The molecule has 0 saturated carbocycles. The van der Waals surface area contributed by atoms with Gasteiger partial charge in [0.2, 0.25) is 0 Å². The molecule has 0 aliphatic rings. The van der Waals surface area contributed by atoms with Crippen LogP contribution in [0.2, 0.25) is 0 Å². The van der Waals surface area contributed by atoms with Crippen LogP contribution in [-0.4, -0.2) is 52.8 Å². The molecule has 8 heteroatoms. The second kappa shape index (κ2) is 12.5. The van der Waals surface area contributed by atoms with Gasteiger partial charge in [-0.05, 0) is 5.56 Å². The number of carbonyl (C=O) groups is 1. The van der Waals surface area contributed by atoms with Crippen LogP contribution in [0, 0.1) is 0 Å². The first-order chi connectivity index (χ1) is 9.63. The van der Waals surface area contributed by atoms with Crippen molar-refractivity contribution in [1.82, 2.24) is 5.64 Å². The SMILES string of the molecule is O=C(O)C(O)c1ccccc1.OCCONOCCO. The van der Waals surface area contributed by atoms with Gasteiger partial charge < -0.3 is 20.4 Å². The molecule has 0 fully saturated rings. The number of carboxylic acids is 1. The topological polar surface area (TPSA) is 128 Å². The van der Waals surface area contributed by atoms with E-state index in [0.717, 1.165) is 0 Å². The fraction of sp³-hybridized carbons (Fsp3) is 0.417. The molecule has 1 aromatic rings. The summed E-state index contributed by atoms with van der Waals surface area (Å²) in [6.07, 6.45) is -1.41. The fourth-order valence-electron chi connectivity index (χ4n) is 0.994. The Hall–Kier alpha value is -1.55. The average Bonchev–Trinajstić information content (AvgIpc) is 2.48. The van der Waals surface area contributed by atoms with E-state index in [1.54, 1.807) is 30.3 Å². The lowest BCUT2D eigenvalue weighted by Crippen LogP contribution is -2.19. The molecule has 1 atom stereocenters. The average molecular weight is 289 g/mol. The third-order valence-electron chi connectivity index (χ3n) is 1.85. The zero-order valence-electron chi connectivity index (χ0n) is 10.8. The number of nitrogens with one attached hydrogen (secondary N) is 1. The maximum absolute atomic E-state index is 10.2. The molecule has 0 aliphatic heterocycles. The normalized spacial score (nSPS) is 11.3. The first kappa shape index (κ1) is 18.4. The van der Waals surface area contributed by atoms with E-state index in [-0.39, 0.29) is 26.4 Å². The van der Waals surface area contributed by atoms with Crippen molar-refractivity contribution in [2.24, 2.45) is 0 Å². The van der Waals surface area contributed by atoms with E-state index in [2.05, 4.69) is 15.3 Å². The van der Waals surface area contributed by atoms with Gasteiger partial charge in [0.1, 0.15) is 0 Å². The lowest BCUT2D eigenvalue weighted by Gasteiger charge is -2.03. The minimum Gasteiger partial charge on any atom is -0.479 e. The highest BCUT2D eigenvalue weighted by Gasteiger charge is 2.14. The Kier molecular flexibility index (Phi) is 11.5. The van der Waals surface area contributed by atoms with Crippen LogP contribution in [0.15, 0.2) is 30.3 Å². The molecule has 1 unspecified atom stereocenters.